The van der Waals surface area contributed by atoms with Gasteiger partial charge < -0.3 is 20.5 Å². The van der Waals surface area contributed by atoms with Gasteiger partial charge in [0.25, 0.3) is 0 Å². The van der Waals surface area contributed by atoms with E-state index in [4.69, 9.17) is 15.2 Å². The van der Waals surface area contributed by atoms with Crippen LogP contribution in [0.25, 0.3) is 0 Å². The number of nitrogens with two attached hydrogens (primary N) is 1. The van der Waals surface area contributed by atoms with E-state index in [-0.39, 0.29) is 6.79 Å². The molecule has 0 amide bonds. The average molecular weight is 256 g/mol. The van der Waals surface area contributed by atoms with Crippen LogP contribution in [0.15, 0.2) is 30.3 Å². The van der Waals surface area contributed by atoms with Gasteiger partial charge in [-0.1, -0.05) is 6.07 Å². The summed E-state index contributed by atoms with van der Waals surface area (Å²) in [6, 6.07) is 9.84. The lowest BCUT2D eigenvalue weighted by atomic mass is 10.1. The largest absolute Gasteiger partial charge is 0.454 e. The first-order valence-corrected chi connectivity index (χ1v) is 6.17. The molecule has 3 rings (SSSR count). The molecule has 98 valence electrons. The van der Waals surface area contributed by atoms with Gasteiger partial charge in [-0.05, 0) is 43.2 Å². The molecule has 0 spiro atoms. The fourth-order valence-corrected chi connectivity index (χ4v) is 2.10. The summed E-state index contributed by atoms with van der Waals surface area (Å²) in [4.78, 5) is 0. The normalized spacial score (nSPS) is 12.5. The monoisotopic (exact) mass is 256 g/mol. The Morgan fingerprint density at radius 1 is 1.00 bits per heavy atom. The highest BCUT2D eigenvalue weighted by atomic mass is 16.7. The van der Waals surface area contributed by atoms with Crippen LogP contribution in [0.1, 0.15) is 11.1 Å². The molecule has 19 heavy (non-hydrogen) atoms. The molecular formula is C15H16N2O2. The summed E-state index contributed by atoms with van der Waals surface area (Å²) in [6.45, 7) is 4.35. The molecule has 4 heteroatoms. The van der Waals surface area contributed by atoms with Gasteiger partial charge in [0.1, 0.15) is 0 Å². The number of hydrogen-bond donors (Lipinski definition) is 2. The highest BCUT2D eigenvalue weighted by Gasteiger charge is 2.16. The van der Waals surface area contributed by atoms with Crippen LogP contribution in [0.5, 0.6) is 11.5 Å². The zero-order valence-electron chi connectivity index (χ0n) is 11.0. The lowest BCUT2D eigenvalue weighted by molar-refractivity contribution is 0.174. The summed E-state index contributed by atoms with van der Waals surface area (Å²) in [7, 11) is 0. The number of nitrogens with one attached hydrogen (secondary N) is 1. The maximum absolute atomic E-state index is 5.98. The lowest BCUT2D eigenvalue weighted by Crippen LogP contribution is -1.98. The zero-order chi connectivity index (χ0) is 13.4. The summed E-state index contributed by atoms with van der Waals surface area (Å²) >= 11 is 0. The van der Waals surface area contributed by atoms with E-state index in [0.717, 1.165) is 39.7 Å². The number of ether oxygens (including phenoxy) is 2. The number of nitrogen functional groups attached to an aromatic ring is 1. The van der Waals surface area contributed by atoms with E-state index in [1.165, 1.54) is 0 Å². The van der Waals surface area contributed by atoms with Gasteiger partial charge >= 0.3 is 0 Å². The third kappa shape index (κ3) is 2.17. The predicted molar refractivity (Wildman–Crippen MR) is 76.2 cm³/mol. The molecular weight excluding hydrogens is 240 g/mol. The zero-order valence-corrected chi connectivity index (χ0v) is 11.0. The van der Waals surface area contributed by atoms with Crippen molar-refractivity contribution in [3.05, 3.63) is 41.5 Å². The SMILES string of the molecule is Cc1ccc(N)c(Nc2cc3c(cc2C)OCO3)c1. The molecule has 0 radical (unpaired) electrons. The van der Waals surface area contributed by atoms with Gasteiger partial charge in [0.15, 0.2) is 11.5 Å². The van der Waals surface area contributed by atoms with Crippen molar-refractivity contribution in [1.29, 1.82) is 0 Å². The van der Waals surface area contributed by atoms with Gasteiger partial charge in [-0.25, -0.2) is 0 Å². The number of anilines is 3. The second-order valence-corrected chi connectivity index (χ2v) is 4.74. The molecule has 0 unspecified atom stereocenters. The van der Waals surface area contributed by atoms with Crippen molar-refractivity contribution in [1.82, 2.24) is 0 Å². The second kappa shape index (κ2) is 4.39. The Kier molecular flexibility index (Phi) is 2.71. The Morgan fingerprint density at radius 2 is 1.74 bits per heavy atom. The molecule has 0 aromatic heterocycles. The van der Waals surface area contributed by atoms with E-state index in [9.17, 15) is 0 Å². The van der Waals surface area contributed by atoms with Crippen molar-refractivity contribution in [2.24, 2.45) is 0 Å². The minimum atomic E-state index is 0.283. The van der Waals surface area contributed by atoms with E-state index < -0.39 is 0 Å². The Bertz CT molecular complexity index is 638. The van der Waals surface area contributed by atoms with Gasteiger partial charge in [0.05, 0.1) is 11.4 Å². The first kappa shape index (κ1) is 11.7. The molecule has 1 aliphatic rings. The highest BCUT2D eigenvalue weighted by Crippen LogP contribution is 2.38. The lowest BCUT2D eigenvalue weighted by Gasteiger charge is -2.13. The Morgan fingerprint density at radius 3 is 2.53 bits per heavy atom. The van der Waals surface area contributed by atoms with Crippen LogP contribution in [0.4, 0.5) is 17.1 Å². The number of rotatable bonds is 2. The first-order valence-electron chi connectivity index (χ1n) is 6.17. The standard InChI is InChI=1S/C15H16N2O2/c1-9-3-4-11(16)13(5-9)17-12-7-15-14(6-10(12)2)18-8-19-15/h3-7,17H,8,16H2,1-2H3. The molecule has 0 atom stereocenters. The Hall–Kier alpha value is -2.36. The van der Waals surface area contributed by atoms with Crippen molar-refractivity contribution in [3.63, 3.8) is 0 Å². The molecule has 2 aromatic rings. The number of fused-ring (bicyclic) bond motifs is 1. The van der Waals surface area contributed by atoms with E-state index >= 15 is 0 Å². The number of benzene rings is 2. The molecule has 1 aliphatic heterocycles. The van der Waals surface area contributed by atoms with Crippen LogP contribution < -0.4 is 20.5 Å². The van der Waals surface area contributed by atoms with E-state index in [1.807, 2.05) is 44.2 Å². The maximum Gasteiger partial charge on any atom is 0.231 e. The fraction of sp³-hybridized carbons (Fsp3) is 0.200. The minimum Gasteiger partial charge on any atom is -0.454 e. The smallest absolute Gasteiger partial charge is 0.231 e. The van der Waals surface area contributed by atoms with Gasteiger partial charge in [-0.15, -0.1) is 0 Å². The van der Waals surface area contributed by atoms with Crippen LogP contribution in [0, 0.1) is 13.8 Å². The summed E-state index contributed by atoms with van der Waals surface area (Å²) in [5.74, 6) is 1.56. The molecule has 0 fully saturated rings. The molecule has 2 aromatic carbocycles. The second-order valence-electron chi connectivity index (χ2n) is 4.74. The van der Waals surface area contributed by atoms with Crippen molar-refractivity contribution >= 4 is 17.1 Å². The van der Waals surface area contributed by atoms with Gasteiger partial charge in [0, 0.05) is 11.8 Å². The van der Waals surface area contributed by atoms with E-state index in [0.29, 0.717) is 0 Å². The van der Waals surface area contributed by atoms with Crippen LogP contribution in [0.3, 0.4) is 0 Å². The molecule has 4 nitrogen and oxygen atoms in total. The van der Waals surface area contributed by atoms with Crippen molar-refractivity contribution in [2.45, 2.75) is 13.8 Å². The van der Waals surface area contributed by atoms with Crippen molar-refractivity contribution in [3.8, 4) is 11.5 Å². The van der Waals surface area contributed by atoms with Gasteiger partial charge in [-0.3, -0.25) is 0 Å². The Balaban J connectivity index is 1.97. The Labute approximate surface area is 112 Å². The number of aryl methyl sites for hydroxylation is 2. The summed E-state index contributed by atoms with van der Waals surface area (Å²) in [5.41, 5.74) is 10.8. The molecule has 3 N–H and O–H groups in total. The summed E-state index contributed by atoms with van der Waals surface area (Å²) in [6.07, 6.45) is 0. The molecule has 1 heterocycles. The van der Waals surface area contributed by atoms with Gasteiger partial charge in [0.2, 0.25) is 6.79 Å². The van der Waals surface area contributed by atoms with Crippen molar-refractivity contribution < 1.29 is 9.47 Å². The highest BCUT2D eigenvalue weighted by molar-refractivity contribution is 5.76. The van der Waals surface area contributed by atoms with Gasteiger partial charge in [-0.2, -0.15) is 0 Å². The summed E-state index contributed by atoms with van der Waals surface area (Å²) < 4.78 is 10.7. The third-order valence-corrected chi connectivity index (χ3v) is 3.20. The quantitative estimate of drug-likeness (QED) is 0.809. The predicted octanol–water partition coefficient (Wildman–Crippen LogP) is 3.36. The fourth-order valence-electron chi connectivity index (χ4n) is 2.10. The first-order chi connectivity index (χ1) is 9.13. The minimum absolute atomic E-state index is 0.283. The van der Waals surface area contributed by atoms with Crippen LogP contribution in [-0.2, 0) is 0 Å². The molecule has 0 aliphatic carbocycles. The van der Waals surface area contributed by atoms with Crippen LogP contribution >= 0.6 is 0 Å². The van der Waals surface area contributed by atoms with Crippen molar-refractivity contribution in [2.75, 3.05) is 17.8 Å². The third-order valence-electron chi connectivity index (χ3n) is 3.20. The average Bonchev–Trinajstić information content (AvgIpc) is 2.81. The molecule has 0 bridgehead atoms. The topological polar surface area (TPSA) is 56.5 Å². The molecule has 0 saturated carbocycles. The van der Waals surface area contributed by atoms with Crippen LogP contribution in [-0.4, -0.2) is 6.79 Å². The van der Waals surface area contributed by atoms with Crippen LogP contribution in [0.2, 0.25) is 0 Å². The maximum atomic E-state index is 5.98. The molecule has 0 saturated heterocycles. The number of hydrogen-bond acceptors (Lipinski definition) is 4. The summed E-state index contributed by atoms with van der Waals surface area (Å²) in [5, 5.41) is 3.35. The van der Waals surface area contributed by atoms with E-state index in [1.54, 1.807) is 0 Å². The van der Waals surface area contributed by atoms with E-state index in [2.05, 4.69) is 5.32 Å².